The molecule has 3 rings (SSSR count). The zero-order valence-electron chi connectivity index (χ0n) is 9.30. The second kappa shape index (κ2) is 3.85. The molecule has 2 aromatic heterocycles. The van der Waals surface area contributed by atoms with Gasteiger partial charge in [-0.05, 0) is 30.8 Å². The molecule has 0 spiro atoms. The molecule has 0 aliphatic carbocycles. The first-order valence-electron chi connectivity index (χ1n) is 5.33. The van der Waals surface area contributed by atoms with Gasteiger partial charge in [-0.15, -0.1) is 0 Å². The van der Waals surface area contributed by atoms with Gasteiger partial charge in [0.25, 0.3) is 0 Å². The van der Waals surface area contributed by atoms with E-state index < -0.39 is 0 Å². The largest absolute Gasteiger partial charge is 0.359 e. The number of H-pyrrole nitrogens is 1. The zero-order valence-corrected chi connectivity index (χ0v) is 10.1. The van der Waals surface area contributed by atoms with Gasteiger partial charge >= 0.3 is 0 Å². The van der Waals surface area contributed by atoms with Crippen LogP contribution in [0.5, 0.6) is 0 Å². The molecule has 0 atom stereocenters. The molecule has 5 heteroatoms. The zero-order chi connectivity index (χ0) is 11.8. The van der Waals surface area contributed by atoms with Gasteiger partial charge in [-0.3, -0.25) is 0 Å². The smallest absolute Gasteiger partial charge is 0.178 e. The molecule has 0 aliphatic rings. The number of aromatic amines is 1. The Balaban J connectivity index is 2.21. The van der Waals surface area contributed by atoms with Crippen LogP contribution in [-0.2, 0) is 6.54 Å². The molecular formula is C12H11N3OS. The fraction of sp³-hybridized carbons (Fsp3) is 0.167. The minimum atomic E-state index is 0.601. The highest BCUT2D eigenvalue weighted by Gasteiger charge is 2.08. The van der Waals surface area contributed by atoms with E-state index >= 15 is 0 Å². The number of hydrogen-bond acceptors (Lipinski definition) is 3. The standard InChI is InChI=1S/C12H11N3OS/c1-8-3-2-4-10-11(8)15(12(17)14-10)7-9-5-6-13-16-9/h2-6H,7H2,1H3,(H,14,17). The van der Waals surface area contributed by atoms with Gasteiger partial charge in [0, 0.05) is 6.07 Å². The average molecular weight is 245 g/mol. The highest BCUT2D eigenvalue weighted by molar-refractivity contribution is 7.71. The summed E-state index contributed by atoms with van der Waals surface area (Å²) in [6.07, 6.45) is 1.64. The van der Waals surface area contributed by atoms with Gasteiger partial charge in [-0.25, -0.2) is 0 Å². The number of hydrogen-bond donors (Lipinski definition) is 1. The maximum absolute atomic E-state index is 5.33. The van der Waals surface area contributed by atoms with Crippen LogP contribution in [0, 0.1) is 11.7 Å². The molecule has 0 unspecified atom stereocenters. The highest BCUT2D eigenvalue weighted by atomic mass is 32.1. The summed E-state index contributed by atoms with van der Waals surface area (Å²) in [5, 5.41) is 3.70. The molecule has 0 saturated heterocycles. The van der Waals surface area contributed by atoms with Crippen LogP contribution in [0.25, 0.3) is 11.0 Å². The molecule has 86 valence electrons. The Morgan fingerprint density at radius 1 is 1.41 bits per heavy atom. The van der Waals surface area contributed by atoms with Gasteiger partial charge in [0.2, 0.25) is 0 Å². The minimum absolute atomic E-state index is 0.601. The lowest BCUT2D eigenvalue weighted by atomic mass is 10.2. The molecule has 0 saturated carbocycles. The summed E-state index contributed by atoms with van der Waals surface area (Å²) in [4.78, 5) is 3.20. The van der Waals surface area contributed by atoms with E-state index in [0.29, 0.717) is 11.3 Å². The minimum Gasteiger partial charge on any atom is -0.359 e. The van der Waals surface area contributed by atoms with Crippen LogP contribution in [0.4, 0.5) is 0 Å². The summed E-state index contributed by atoms with van der Waals surface area (Å²) in [6.45, 7) is 2.67. The van der Waals surface area contributed by atoms with Crippen molar-refractivity contribution >= 4 is 23.3 Å². The number of fused-ring (bicyclic) bond motifs is 1. The molecule has 2 heterocycles. The maximum atomic E-state index is 5.33. The Morgan fingerprint density at radius 2 is 2.29 bits per heavy atom. The summed E-state index contributed by atoms with van der Waals surface area (Å²) in [7, 11) is 0. The number of para-hydroxylation sites is 1. The van der Waals surface area contributed by atoms with E-state index in [9.17, 15) is 0 Å². The van der Waals surface area contributed by atoms with Gasteiger partial charge in [0.05, 0.1) is 23.8 Å². The topological polar surface area (TPSA) is 46.8 Å². The van der Waals surface area contributed by atoms with Crippen molar-refractivity contribution < 1.29 is 4.52 Å². The second-order valence-electron chi connectivity index (χ2n) is 3.97. The van der Waals surface area contributed by atoms with Gasteiger partial charge in [0.1, 0.15) is 0 Å². The molecule has 0 amide bonds. The van der Waals surface area contributed by atoms with Crippen molar-refractivity contribution in [3.8, 4) is 0 Å². The van der Waals surface area contributed by atoms with E-state index in [0.717, 1.165) is 16.8 Å². The van der Waals surface area contributed by atoms with Gasteiger partial charge in [-0.1, -0.05) is 17.3 Å². The first-order valence-corrected chi connectivity index (χ1v) is 5.74. The van der Waals surface area contributed by atoms with Gasteiger partial charge in [0.15, 0.2) is 10.5 Å². The van der Waals surface area contributed by atoms with Crippen LogP contribution in [0.15, 0.2) is 35.0 Å². The van der Waals surface area contributed by atoms with Crippen molar-refractivity contribution in [2.24, 2.45) is 0 Å². The summed E-state index contributed by atoms with van der Waals surface area (Å²) < 4.78 is 7.85. The molecule has 3 aromatic rings. The molecule has 0 fully saturated rings. The molecular weight excluding hydrogens is 234 g/mol. The number of aromatic nitrogens is 3. The van der Waals surface area contributed by atoms with Crippen LogP contribution in [0.2, 0.25) is 0 Å². The third-order valence-corrected chi connectivity index (χ3v) is 3.12. The van der Waals surface area contributed by atoms with Crippen molar-refractivity contribution in [3.63, 3.8) is 0 Å². The highest BCUT2D eigenvalue weighted by Crippen LogP contribution is 2.19. The van der Waals surface area contributed by atoms with Crippen molar-refractivity contribution in [1.82, 2.24) is 14.7 Å². The normalized spacial score (nSPS) is 11.1. The number of benzene rings is 1. The molecule has 0 aliphatic heterocycles. The number of nitrogens with one attached hydrogen (secondary N) is 1. The van der Waals surface area contributed by atoms with Crippen LogP contribution >= 0.6 is 12.2 Å². The molecule has 1 N–H and O–H groups in total. The van der Waals surface area contributed by atoms with Gasteiger partial charge in [-0.2, -0.15) is 0 Å². The Morgan fingerprint density at radius 3 is 3.06 bits per heavy atom. The first kappa shape index (κ1) is 10.3. The van der Waals surface area contributed by atoms with Crippen LogP contribution in [0.1, 0.15) is 11.3 Å². The molecule has 4 nitrogen and oxygen atoms in total. The first-order chi connectivity index (χ1) is 8.25. The van der Waals surface area contributed by atoms with Crippen molar-refractivity contribution in [3.05, 3.63) is 46.6 Å². The number of nitrogens with zero attached hydrogens (tertiary/aromatic N) is 2. The summed E-state index contributed by atoms with van der Waals surface area (Å²) >= 11 is 5.33. The van der Waals surface area contributed by atoms with E-state index in [-0.39, 0.29) is 0 Å². The number of aryl methyl sites for hydroxylation is 1. The maximum Gasteiger partial charge on any atom is 0.178 e. The van der Waals surface area contributed by atoms with E-state index in [1.54, 1.807) is 6.20 Å². The number of imidazole rings is 1. The lowest BCUT2D eigenvalue weighted by Crippen LogP contribution is -1.99. The van der Waals surface area contributed by atoms with Crippen LogP contribution in [-0.4, -0.2) is 14.7 Å². The van der Waals surface area contributed by atoms with Crippen molar-refractivity contribution in [2.75, 3.05) is 0 Å². The summed E-state index contributed by atoms with van der Waals surface area (Å²) in [6, 6.07) is 7.96. The lowest BCUT2D eigenvalue weighted by Gasteiger charge is -2.03. The molecule has 0 radical (unpaired) electrons. The van der Waals surface area contributed by atoms with Crippen molar-refractivity contribution in [2.45, 2.75) is 13.5 Å². The van der Waals surface area contributed by atoms with E-state index in [1.807, 2.05) is 22.8 Å². The predicted octanol–water partition coefficient (Wildman–Crippen LogP) is 3.04. The Kier molecular flexibility index (Phi) is 2.33. The Hall–Kier alpha value is -1.88. The fourth-order valence-corrected chi connectivity index (χ4v) is 2.30. The molecule has 0 bridgehead atoms. The third kappa shape index (κ3) is 1.68. The molecule has 17 heavy (non-hydrogen) atoms. The monoisotopic (exact) mass is 245 g/mol. The number of rotatable bonds is 2. The summed E-state index contributed by atoms with van der Waals surface area (Å²) in [5.41, 5.74) is 3.36. The average Bonchev–Trinajstić information content (AvgIpc) is 2.89. The Bertz CT molecular complexity index is 709. The summed E-state index contributed by atoms with van der Waals surface area (Å²) in [5.74, 6) is 0.797. The van der Waals surface area contributed by atoms with E-state index in [2.05, 4.69) is 23.1 Å². The third-order valence-electron chi connectivity index (χ3n) is 2.80. The predicted molar refractivity (Wildman–Crippen MR) is 67.5 cm³/mol. The fourth-order valence-electron chi connectivity index (χ4n) is 2.03. The van der Waals surface area contributed by atoms with Crippen molar-refractivity contribution in [1.29, 1.82) is 0 Å². The molecule has 1 aromatic carbocycles. The van der Waals surface area contributed by atoms with Crippen LogP contribution < -0.4 is 0 Å². The lowest BCUT2D eigenvalue weighted by molar-refractivity contribution is 0.377. The Labute approximate surface area is 103 Å². The SMILES string of the molecule is Cc1cccc2[nH]c(=S)n(Cc3ccno3)c12. The quantitative estimate of drug-likeness (QED) is 0.706. The second-order valence-corrected chi connectivity index (χ2v) is 4.35. The van der Waals surface area contributed by atoms with E-state index in [1.165, 1.54) is 5.56 Å². The van der Waals surface area contributed by atoms with Crippen LogP contribution in [0.3, 0.4) is 0 Å². The van der Waals surface area contributed by atoms with E-state index in [4.69, 9.17) is 16.7 Å². The van der Waals surface area contributed by atoms with Gasteiger partial charge < -0.3 is 14.1 Å².